The normalized spacial score (nSPS) is 11.4. The first kappa shape index (κ1) is 38.7. The molecule has 0 saturated heterocycles. The number of nitrogens with one attached hydrogen (secondary N) is 2. The van der Waals surface area contributed by atoms with Gasteiger partial charge in [0.1, 0.15) is 6.29 Å². The van der Waals surface area contributed by atoms with Crippen LogP contribution in [0.15, 0.2) is 60.8 Å². The summed E-state index contributed by atoms with van der Waals surface area (Å²) >= 11 is 0. The summed E-state index contributed by atoms with van der Waals surface area (Å²) in [6, 6.07) is 7.32. The van der Waals surface area contributed by atoms with Crippen LogP contribution in [0, 0.1) is 5.92 Å². The minimum absolute atomic E-state index is 0.0174. The molecule has 1 rings (SSSR count). The van der Waals surface area contributed by atoms with Gasteiger partial charge in [-0.2, -0.15) is 0 Å². The van der Waals surface area contributed by atoms with Gasteiger partial charge in [0.05, 0.1) is 0 Å². The SMILES string of the molecule is C/C=C\C(=C/C)NC(=O)c1ccc(C(C)N)cc1.C=CC.CC.CCCC(C)C=O.CCNC. The molecule has 1 aromatic carbocycles. The van der Waals surface area contributed by atoms with Crippen molar-refractivity contribution in [2.75, 3.05) is 13.6 Å². The van der Waals surface area contributed by atoms with Crippen molar-refractivity contribution in [3.8, 4) is 0 Å². The zero-order valence-corrected chi connectivity index (χ0v) is 23.6. The predicted molar refractivity (Wildman–Crippen MR) is 152 cm³/mol. The van der Waals surface area contributed by atoms with Crippen LogP contribution < -0.4 is 16.4 Å². The molecule has 5 nitrogen and oxygen atoms in total. The highest BCUT2D eigenvalue weighted by Crippen LogP contribution is 2.11. The zero-order valence-electron chi connectivity index (χ0n) is 23.6. The van der Waals surface area contributed by atoms with Crippen molar-refractivity contribution in [2.45, 2.75) is 81.2 Å². The molecular weight excluding hydrogens is 422 g/mol. The van der Waals surface area contributed by atoms with E-state index in [2.05, 4.69) is 31.1 Å². The highest BCUT2D eigenvalue weighted by atomic mass is 16.1. The van der Waals surface area contributed by atoms with Crippen LogP contribution in [0.3, 0.4) is 0 Å². The number of allylic oxidation sites excluding steroid dienone is 4. The molecule has 0 aliphatic rings. The fraction of sp³-hybridized carbons (Fsp3) is 0.517. The van der Waals surface area contributed by atoms with E-state index in [1.54, 1.807) is 18.2 Å². The number of nitrogens with two attached hydrogens (primary N) is 1. The number of rotatable bonds is 8. The minimum Gasteiger partial charge on any atom is -0.324 e. The predicted octanol–water partition coefficient (Wildman–Crippen LogP) is 6.98. The molecule has 0 spiro atoms. The first-order chi connectivity index (χ1) is 16.2. The average Bonchev–Trinajstić information content (AvgIpc) is 2.86. The van der Waals surface area contributed by atoms with Gasteiger partial charge in [0.25, 0.3) is 5.91 Å². The van der Waals surface area contributed by atoms with Crippen molar-refractivity contribution in [1.29, 1.82) is 0 Å². The summed E-state index contributed by atoms with van der Waals surface area (Å²) in [5, 5.41) is 5.77. The molecule has 5 heteroatoms. The Morgan fingerprint density at radius 3 is 1.82 bits per heavy atom. The summed E-state index contributed by atoms with van der Waals surface area (Å²) in [5.74, 6) is 0.155. The molecule has 0 aliphatic heterocycles. The Kier molecular flexibility index (Phi) is 34.8. The van der Waals surface area contributed by atoms with Crippen molar-refractivity contribution >= 4 is 12.2 Å². The number of carbonyl (C=O) groups is 2. The quantitative estimate of drug-likeness (QED) is 0.215. The molecule has 196 valence electrons. The van der Waals surface area contributed by atoms with Crippen LogP contribution in [-0.2, 0) is 4.79 Å². The molecular formula is C29H53N3O2. The molecule has 0 aromatic heterocycles. The second-order valence-corrected chi connectivity index (χ2v) is 7.13. The smallest absolute Gasteiger partial charge is 0.255 e. The summed E-state index contributed by atoms with van der Waals surface area (Å²) < 4.78 is 0. The van der Waals surface area contributed by atoms with Gasteiger partial charge in [-0.25, -0.2) is 0 Å². The topological polar surface area (TPSA) is 84.2 Å². The van der Waals surface area contributed by atoms with Gasteiger partial charge in [-0.05, 0) is 71.5 Å². The second-order valence-electron chi connectivity index (χ2n) is 7.13. The van der Waals surface area contributed by atoms with E-state index < -0.39 is 0 Å². The van der Waals surface area contributed by atoms with Gasteiger partial charge in [0.2, 0.25) is 0 Å². The Labute approximate surface area is 211 Å². The molecule has 1 amide bonds. The Hall–Kier alpha value is -2.50. The first-order valence-electron chi connectivity index (χ1n) is 12.3. The fourth-order valence-electron chi connectivity index (χ4n) is 2.05. The van der Waals surface area contributed by atoms with Gasteiger partial charge in [-0.1, -0.05) is 71.4 Å². The van der Waals surface area contributed by atoms with E-state index in [0.717, 1.165) is 36.9 Å². The first-order valence-corrected chi connectivity index (χ1v) is 12.3. The molecule has 0 heterocycles. The van der Waals surface area contributed by atoms with E-state index in [0.29, 0.717) is 5.56 Å². The van der Waals surface area contributed by atoms with Gasteiger partial charge in [0, 0.05) is 23.2 Å². The number of amides is 1. The number of carbonyl (C=O) groups excluding carboxylic acids is 2. The fourth-order valence-corrected chi connectivity index (χ4v) is 2.05. The summed E-state index contributed by atoms with van der Waals surface area (Å²) in [5.41, 5.74) is 8.20. The van der Waals surface area contributed by atoms with Crippen LogP contribution in [0.4, 0.5) is 0 Å². The van der Waals surface area contributed by atoms with Gasteiger partial charge in [-0.15, -0.1) is 6.58 Å². The molecule has 2 atom stereocenters. The molecule has 4 N–H and O–H groups in total. The summed E-state index contributed by atoms with van der Waals surface area (Å²) in [4.78, 5) is 21.8. The lowest BCUT2D eigenvalue weighted by Crippen LogP contribution is -2.21. The maximum absolute atomic E-state index is 12.0. The summed E-state index contributed by atoms with van der Waals surface area (Å²) in [6.45, 7) is 22.1. The largest absolute Gasteiger partial charge is 0.324 e. The van der Waals surface area contributed by atoms with Crippen LogP contribution in [0.5, 0.6) is 0 Å². The minimum atomic E-state index is -0.113. The summed E-state index contributed by atoms with van der Waals surface area (Å²) in [6.07, 6.45) is 10.5. The third-order valence-corrected chi connectivity index (χ3v) is 3.94. The zero-order chi connectivity index (χ0) is 27.4. The number of hydrogen-bond acceptors (Lipinski definition) is 4. The van der Waals surface area contributed by atoms with Crippen LogP contribution in [0.25, 0.3) is 0 Å². The third-order valence-electron chi connectivity index (χ3n) is 3.94. The Bertz CT molecular complexity index is 646. The Morgan fingerprint density at radius 1 is 1.09 bits per heavy atom. The van der Waals surface area contributed by atoms with Crippen LogP contribution in [0.2, 0.25) is 0 Å². The van der Waals surface area contributed by atoms with Crippen LogP contribution in [-0.4, -0.2) is 25.8 Å². The molecule has 0 bridgehead atoms. The summed E-state index contributed by atoms with van der Waals surface area (Å²) in [7, 11) is 1.93. The van der Waals surface area contributed by atoms with E-state index in [4.69, 9.17) is 5.73 Å². The van der Waals surface area contributed by atoms with Crippen molar-refractivity contribution in [1.82, 2.24) is 10.6 Å². The maximum Gasteiger partial charge on any atom is 0.255 e. The van der Waals surface area contributed by atoms with Gasteiger partial charge in [0.15, 0.2) is 0 Å². The monoisotopic (exact) mass is 475 g/mol. The highest BCUT2D eigenvalue weighted by Gasteiger charge is 2.06. The maximum atomic E-state index is 12.0. The van der Waals surface area contributed by atoms with E-state index in [9.17, 15) is 9.59 Å². The van der Waals surface area contributed by atoms with E-state index in [1.165, 1.54) is 0 Å². The van der Waals surface area contributed by atoms with E-state index in [1.807, 2.05) is 85.9 Å². The Morgan fingerprint density at radius 2 is 1.56 bits per heavy atom. The van der Waals surface area contributed by atoms with Gasteiger partial charge < -0.3 is 21.2 Å². The van der Waals surface area contributed by atoms with Crippen molar-refractivity contribution in [3.05, 3.63) is 72.0 Å². The molecule has 0 fully saturated rings. The lowest BCUT2D eigenvalue weighted by Gasteiger charge is -2.08. The van der Waals surface area contributed by atoms with Crippen molar-refractivity contribution < 1.29 is 9.59 Å². The molecule has 34 heavy (non-hydrogen) atoms. The van der Waals surface area contributed by atoms with E-state index >= 15 is 0 Å². The number of hydrogen-bond donors (Lipinski definition) is 3. The second kappa shape index (κ2) is 30.5. The third kappa shape index (κ3) is 25.8. The van der Waals surface area contributed by atoms with Crippen molar-refractivity contribution in [3.63, 3.8) is 0 Å². The molecule has 0 radical (unpaired) electrons. The van der Waals surface area contributed by atoms with Gasteiger partial charge in [-0.3, -0.25) is 4.79 Å². The lowest BCUT2D eigenvalue weighted by molar-refractivity contribution is -0.110. The van der Waals surface area contributed by atoms with E-state index in [-0.39, 0.29) is 17.9 Å². The van der Waals surface area contributed by atoms with Gasteiger partial charge >= 0.3 is 0 Å². The van der Waals surface area contributed by atoms with Crippen LogP contribution >= 0.6 is 0 Å². The van der Waals surface area contributed by atoms with Crippen LogP contribution in [0.1, 0.15) is 97.1 Å². The molecule has 0 saturated carbocycles. The Balaban J connectivity index is -0.000000231. The average molecular weight is 476 g/mol. The molecule has 2 unspecified atom stereocenters. The molecule has 0 aliphatic carbocycles. The molecule has 1 aromatic rings. The number of aldehydes is 1. The van der Waals surface area contributed by atoms with Crippen molar-refractivity contribution in [2.24, 2.45) is 11.7 Å². The standard InChI is InChI=1S/C15H20N2O.C6H12O.C3H9N.C3H6.C2H6/c1-4-6-14(5-2)17-15(18)13-9-7-12(8-10-13)11(3)16;1-3-4-6(2)5-7;1-3-4-2;1-3-2;1-2/h4-11H,16H2,1-3H3,(H,17,18);5-6H,3-4H2,1-2H3;4H,3H2,1-2H3;3H,1H2,2H3;1-2H3/b6-4-,14-5+;;;;. The lowest BCUT2D eigenvalue weighted by atomic mass is 10.1. The number of benzene rings is 1. The highest BCUT2D eigenvalue weighted by molar-refractivity contribution is 5.95.